The van der Waals surface area contributed by atoms with E-state index in [9.17, 15) is 10.1 Å². The molecule has 0 bridgehead atoms. The van der Waals surface area contributed by atoms with Gasteiger partial charge in [-0.25, -0.2) is 0 Å². The largest absolute Gasteiger partial charge is 0.433 e. The van der Waals surface area contributed by atoms with Crippen LogP contribution in [0.2, 0.25) is 0 Å². The second-order valence-electron chi connectivity index (χ2n) is 1.14. The average Bonchev–Trinajstić information content (AvgIpc) is 2.12. The van der Waals surface area contributed by atoms with Gasteiger partial charge in [0.2, 0.25) is 0 Å². The van der Waals surface area contributed by atoms with Crippen molar-refractivity contribution < 1.29 is 9.34 Å². The zero-order valence-electron chi connectivity index (χ0n) is 3.83. The van der Waals surface area contributed by atoms with Crippen molar-refractivity contribution in [2.75, 3.05) is 0 Å². The summed E-state index contributed by atoms with van der Waals surface area (Å²) in [5, 5.41) is 9.75. The lowest BCUT2D eigenvalue weighted by molar-refractivity contribution is -0.402. The van der Waals surface area contributed by atoms with Gasteiger partial charge in [-0.2, -0.15) is 0 Å². The molecule has 8 heavy (non-hydrogen) atoms. The number of hydrogen-bond acceptors (Lipinski definition) is 3. The van der Waals surface area contributed by atoms with E-state index in [4.69, 9.17) is 0 Å². The standard InChI is InChI=1S/C4H2NO3/c6-5(7)4-2-1-3-8-4/h2-3H. The topological polar surface area (TPSA) is 56.3 Å². The third kappa shape index (κ3) is 0.676. The summed E-state index contributed by atoms with van der Waals surface area (Å²) in [6.45, 7) is 0. The predicted octanol–water partition coefficient (Wildman–Crippen LogP) is 0.988. The summed E-state index contributed by atoms with van der Waals surface area (Å²) in [6.07, 6.45) is 1.14. The predicted molar refractivity (Wildman–Crippen MR) is 24.2 cm³/mol. The zero-order chi connectivity index (χ0) is 5.98. The average molecular weight is 112 g/mol. The Bertz CT molecular complexity index is 179. The van der Waals surface area contributed by atoms with Crippen LogP contribution in [0.4, 0.5) is 5.88 Å². The monoisotopic (exact) mass is 112 g/mol. The van der Waals surface area contributed by atoms with Crippen LogP contribution in [-0.4, -0.2) is 4.92 Å². The number of nitrogens with zero attached hydrogens (tertiary/aromatic N) is 1. The summed E-state index contributed by atoms with van der Waals surface area (Å²) in [5.41, 5.74) is 0. The van der Waals surface area contributed by atoms with Gasteiger partial charge in [-0.3, -0.25) is 10.1 Å². The van der Waals surface area contributed by atoms with E-state index in [1.165, 1.54) is 6.07 Å². The van der Waals surface area contributed by atoms with Gasteiger partial charge in [-0.1, -0.05) is 0 Å². The van der Waals surface area contributed by atoms with Gasteiger partial charge in [-0.05, 0) is 0 Å². The molecule has 0 aromatic carbocycles. The van der Waals surface area contributed by atoms with Gasteiger partial charge in [0.15, 0.2) is 0 Å². The van der Waals surface area contributed by atoms with E-state index in [1.807, 2.05) is 0 Å². The van der Waals surface area contributed by atoms with Crippen molar-refractivity contribution in [1.82, 2.24) is 0 Å². The molecular formula is C4H2NO3. The molecule has 41 valence electrons. The van der Waals surface area contributed by atoms with E-state index < -0.39 is 4.92 Å². The van der Waals surface area contributed by atoms with Gasteiger partial charge in [0.25, 0.3) is 0 Å². The molecule has 0 saturated heterocycles. The van der Waals surface area contributed by atoms with E-state index in [2.05, 4.69) is 10.5 Å². The Balaban J connectivity index is 2.93. The Hall–Kier alpha value is -1.32. The maximum Gasteiger partial charge on any atom is 0.433 e. The fraction of sp³-hybridized carbons (Fsp3) is 0. The molecule has 1 aromatic rings. The molecule has 0 N–H and O–H groups in total. The smallest absolute Gasteiger partial charge is 0.409 e. The van der Waals surface area contributed by atoms with E-state index in [-0.39, 0.29) is 5.88 Å². The van der Waals surface area contributed by atoms with Crippen LogP contribution in [0, 0.1) is 16.2 Å². The van der Waals surface area contributed by atoms with Gasteiger partial charge in [0, 0.05) is 6.07 Å². The number of rotatable bonds is 1. The molecule has 4 nitrogen and oxygen atoms in total. The highest BCUT2D eigenvalue weighted by molar-refractivity contribution is 5.10. The molecule has 1 radical (unpaired) electrons. The van der Waals surface area contributed by atoms with E-state index in [0.29, 0.717) is 0 Å². The van der Waals surface area contributed by atoms with E-state index >= 15 is 0 Å². The van der Waals surface area contributed by atoms with Crippen LogP contribution in [0.5, 0.6) is 0 Å². The summed E-state index contributed by atoms with van der Waals surface area (Å²) in [7, 11) is 0. The first-order valence-electron chi connectivity index (χ1n) is 1.89. The Labute approximate surface area is 44.9 Å². The maximum absolute atomic E-state index is 9.75. The van der Waals surface area contributed by atoms with E-state index in [0.717, 1.165) is 6.26 Å². The van der Waals surface area contributed by atoms with Crippen LogP contribution in [0.3, 0.4) is 0 Å². The molecule has 0 aliphatic heterocycles. The summed E-state index contributed by atoms with van der Waals surface area (Å²) >= 11 is 0. The maximum atomic E-state index is 9.75. The lowest BCUT2D eigenvalue weighted by Crippen LogP contribution is -1.81. The lowest BCUT2D eigenvalue weighted by atomic mass is 10.6. The Morgan fingerprint density at radius 2 is 2.62 bits per heavy atom. The van der Waals surface area contributed by atoms with Crippen molar-refractivity contribution in [3.05, 3.63) is 28.5 Å². The van der Waals surface area contributed by atoms with Crippen LogP contribution in [0.15, 0.2) is 16.7 Å². The minimum Gasteiger partial charge on any atom is -0.409 e. The van der Waals surface area contributed by atoms with Crippen molar-refractivity contribution in [1.29, 1.82) is 0 Å². The summed E-state index contributed by atoms with van der Waals surface area (Å²) < 4.78 is 4.34. The molecule has 0 spiro atoms. The molecule has 0 aliphatic rings. The molecular weight excluding hydrogens is 110 g/mol. The van der Waals surface area contributed by atoms with Crippen LogP contribution >= 0.6 is 0 Å². The summed E-state index contributed by atoms with van der Waals surface area (Å²) in [5.74, 6) is -0.273. The molecule has 0 amide bonds. The highest BCUT2D eigenvalue weighted by Gasteiger charge is 2.04. The second kappa shape index (κ2) is 1.65. The third-order valence-electron chi connectivity index (χ3n) is 0.634. The van der Waals surface area contributed by atoms with Crippen molar-refractivity contribution in [3.8, 4) is 0 Å². The first kappa shape index (κ1) is 4.83. The van der Waals surface area contributed by atoms with Crippen LogP contribution in [0.25, 0.3) is 0 Å². The van der Waals surface area contributed by atoms with Crippen LogP contribution < -0.4 is 0 Å². The van der Waals surface area contributed by atoms with Crippen molar-refractivity contribution in [2.45, 2.75) is 0 Å². The minimum atomic E-state index is -0.615. The molecule has 1 rings (SSSR count). The molecule has 0 saturated carbocycles. The number of nitro groups is 1. The molecule has 4 heteroatoms. The van der Waals surface area contributed by atoms with Crippen molar-refractivity contribution >= 4 is 5.88 Å². The number of hydrogen-bond donors (Lipinski definition) is 0. The Morgan fingerprint density at radius 1 is 1.88 bits per heavy atom. The SMILES string of the molecule is O=[N+]([O-])c1c[c]co1. The summed E-state index contributed by atoms with van der Waals surface area (Å²) in [6, 6.07) is 3.57. The van der Waals surface area contributed by atoms with Gasteiger partial charge < -0.3 is 4.42 Å². The quantitative estimate of drug-likeness (QED) is 0.402. The number of furan rings is 1. The zero-order valence-corrected chi connectivity index (χ0v) is 3.83. The Morgan fingerprint density at radius 3 is 2.88 bits per heavy atom. The van der Waals surface area contributed by atoms with Gasteiger partial charge >= 0.3 is 5.88 Å². The van der Waals surface area contributed by atoms with Gasteiger partial charge in [0.05, 0.1) is 6.07 Å². The molecule has 1 aromatic heterocycles. The van der Waals surface area contributed by atoms with Crippen LogP contribution in [-0.2, 0) is 0 Å². The minimum absolute atomic E-state index is 0.273. The first-order valence-corrected chi connectivity index (χ1v) is 1.89. The van der Waals surface area contributed by atoms with E-state index in [1.54, 1.807) is 0 Å². The normalized spacial score (nSPS) is 9.00. The third-order valence-corrected chi connectivity index (χ3v) is 0.634. The second-order valence-corrected chi connectivity index (χ2v) is 1.14. The molecule has 0 fully saturated rings. The Kier molecular flexibility index (Phi) is 0.997. The molecule has 0 aliphatic carbocycles. The van der Waals surface area contributed by atoms with Crippen molar-refractivity contribution in [2.24, 2.45) is 0 Å². The molecule has 0 atom stereocenters. The van der Waals surface area contributed by atoms with Gasteiger partial charge in [0.1, 0.15) is 11.2 Å². The fourth-order valence-corrected chi connectivity index (χ4v) is 0.329. The van der Waals surface area contributed by atoms with Gasteiger partial charge in [-0.15, -0.1) is 0 Å². The first-order chi connectivity index (χ1) is 3.80. The summed E-state index contributed by atoms with van der Waals surface area (Å²) in [4.78, 5) is 9.14. The highest BCUT2D eigenvalue weighted by Crippen LogP contribution is 2.07. The highest BCUT2D eigenvalue weighted by atomic mass is 16.6. The fourth-order valence-electron chi connectivity index (χ4n) is 0.329. The lowest BCUT2D eigenvalue weighted by Gasteiger charge is -1.76. The van der Waals surface area contributed by atoms with Crippen LogP contribution in [0.1, 0.15) is 0 Å². The van der Waals surface area contributed by atoms with Crippen molar-refractivity contribution in [3.63, 3.8) is 0 Å². The molecule has 1 heterocycles. The molecule has 0 unspecified atom stereocenters.